The quantitative estimate of drug-likeness (QED) is 0.474. The molecule has 8 nitrogen and oxygen atoms in total. The first kappa shape index (κ1) is 22.2. The molecule has 1 fully saturated rings. The molecule has 0 saturated carbocycles. The number of sulfonamides is 1. The number of benzene rings is 1. The van der Waals surface area contributed by atoms with Crippen molar-refractivity contribution >= 4 is 43.1 Å². The minimum absolute atomic E-state index is 0.171. The fourth-order valence-corrected chi connectivity index (χ4v) is 4.88. The lowest BCUT2D eigenvalue weighted by molar-refractivity contribution is 0.247. The van der Waals surface area contributed by atoms with Crippen molar-refractivity contribution in [2.45, 2.75) is 6.54 Å². The maximum absolute atomic E-state index is 13.4. The molecule has 2 aromatic heterocycles. The van der Waals surface area contributed by atoms with E-state index in [4.69, 9.17) is 0 Å². The highest BCUT2D eigenvalue weighted by Gasteiger charge is 2.19. The average Bonchev–Trinajstić information content (AvgIpc) is 2.96. The van der Waals surface area contributed by atoms with Gasteiger partial charge in [0, 0.05) is 50.0 Å². The average molecular weight is 476 g/mol. The Labute approximate surface area is 197 Å². The van der Waals surface area contributed by atoms with E-state index in [1.807, 2.05) is 48.8 Å². The van der Waals surface area contributed by atoms with Gasteiger partial charge >= 0.3 is 0 Å². The summed E-state index contributed by atoms with van der Waals surface area (Å²) in [5, 5.41) is 1.69. The Morgan fingerprint density at radius 3 is 2.47 bits per heavy atom. The van der Waals surface area contributed by atoms with Gasteiger partial charge < -0.3 is 4.90 Å². The molecule has 1 aliphatic heterocycles. The van der Waals surface area contributed by atoms with Crippen LogP contribution >= 0.6 is 0 Å². The van der Waals surface area contributed by atoms with Gasteiger partial charge in [0.25, 0.3) is 0 Å². The van der Waals surface area contributed by atoms with Crippen LogP contribution in [0.5, 0.6) is 0 Å². The van der Waals surface area contributed by atoms with E-state index in [1.165, 1.54) is 0 Å². The minimum Gasteiger partial charge on any atom is -0.368 e. The molecule has 0 spiro atoms. The van der Waals surface area contributed by atoms with E-state index in [1.54, 1.807) is 18.2 Å². The molecule has 34 heavy (non-hydrogen) atoms. The van der Waals surface area contributed by atoms with E-state index in [-0.39, 0.29) is 5.43 Å². The molecule has 9 heteroatoms. The third kappa shape index (κ3) is 4.85. The van der Waals surface area contributed by atoms with Crippen molar-refractivity contribution in [3.8, 4) is 0 Å². The monoisotopic (exact) mass is 475 g/mol. The summed E-state index contributed by atoms with van der Waals surface area (Å²) >= 11 is 0. The first-order valence-corrected chi connectivity index (χ1v) is 13.0. The topological polar surface area (TPSA) is 95.5 Å². The van der Waals surface area contributed by atoms with Crippen molar-refractivity contribution in [1.82, 2.24) is 14.9 Å². The third-order valence-corrected chi connectivity index (χ3v) is 6.63. The van der Waals surface area contributed by atoms with Gasteiger partial charge in [-0.1, -0.05) is 18.2 Å². The van der Waals surface area contributed by atoms with Gasteiger partial charge in [-0.05, 0) is 41.8 Å². The first-order chi connectivity index (χ1) is 16.4. The van der Waals surface area contributed by atoms with Crippen molar-refractivity contribution in [3.05, 3.63) is 82.9 Å². The molecule has 1 aliphatic rings. The summed E-state index contributed by atoms with van der Waals surface area (Å²) in [6, 6.07) is 16.5. The van der Waals surface area contributed by atoms with E-state index < -0.39 is 10.0 Å². The summed E-state index contributed by atoms with van der Waals surface area (Å²) in [6.07, 6.45) is 4.72. The highest BCUT2D eigenvalue weighted by Crippen LogP contribution is 2.23. The van der Waals surface area contributed by atoms with Crippen LogP contribution in [0, 0.1) is 0 Å². The predicted molar refractivity (Wildman–Crippen MR) is 136 cm³/mol. The summed E-state index contributed by atoms with van der Waals surface area (Å²) in [4.78, 5) is 27.0. The Bertz CT molecular complexity index is 1520. The number of fused-ring (bicyclic) bond motifs is 2. The SMILES string of the molecule is CS(=O)(=O)Nc1ccc2ccc3ncc(N4CCN(Cc5ccccn5)CC4)cc3c(=O)c2c1. The highest BCUT2D eigenvalue weighted by molar-refractivity contribution is 7.92. The van der Waals surface area contributed by atoms with Crippen molar-refractivity contribution in [3.63, 3.8) is 0 Å². The van der Waals surface area contributed by atoms with Gasteiger partial charge in [-0.2, -0.15) is 0 Å². The summed E-state index contributed by atoms with van der Waals surface area (Å²) < 4.78 is 25.7. The van der Waals surface area contributed by atoms with Crippen LogP contribution in [0.2, 0.25) is 0 Å². The Kier molecular flexibility index (Phi) is 5.89. The molecule has 0 radical (unpaired) electrons. The predicted octanol–water partition coefficient (Wildman–Crippen LogP) is 2.84. The van der Waals surface area contributed by atoms with E-state index in [0.29, 0.717) is 22.0 Å². The number of rotatable bonds is 5. The fourth-order valence-electron chi connectivity index (χ4n) is 4.33. The van der Waals surface area contributed by atoms with E-state index >= 15 is 0 Å². The number of anilines is 2. The molecule has 174 valence electrons. The van der Waals surface area contributed by atoms with Crippen LogP contribution in [-0.2, 0) is 16.6 Å². The van der Waals surface area contributed by atoms with Gasteiger partial charge in [0.05, 0.1) is 34.7 Å². The van der Waals surface area contributed by atoms with Crippen molar-refractivity contribution in [2.75, 3.05) is 42.1 Å². The van der Waals surface area contributed by atoms with Gasteiger partial charge in [-0.25, -0.2) is 8.42 Å². The van der Waals surface area contributed by atoms with Crippen LogP contribution in [0.1, 0.15) is 5.69 Å². The smallest absolute Gasteiger partial charge is 0.229 e. The zero-order valence-electron chi connectivity index (χ0n) is 18.8. The number of aromatic nitrogens is 2. The van der Waals surface area contributed by atoms with Crippen LogP contribution in [0.25, 0.3) is 21.7 Å². The second-order valence-corrected chi connectivity index (χ2v) is 10.3. The number of nitrogens with one attached hydrogen (secondary N) is 1. The molecule has 0 atom stereocenters. The summed E-state index contributed by atoms with van der Waals surface area (Å²) in [5.41, 5.74) is 2.77. The van der Waals surface area contributed by atoms with Gasteiger partial charge in [-0.15, -0.1) is 0 Å². The van der Waals surface area contributed by atoms with Crippen LogP contribution in [0.3, 0.4) is 0 Å². The second kappa shape index (κ2) is 9.00. The maximum Gasteiger partial charge on any atom is 0.229 e. The molecule has 4 aromatic rings. The summed E-state index contributed by atoms with van der Waals surface area (Å²) in [7, 11) is -3.44. The van der Waals surface area contributed by atoms with E-state index in [9.17, 15) is 13.2 Å². The Hall–Kier alpha value is -3.56. The number of piperazine rings is 1. The summed E-state index contributed by atoms with van der Waals surface area (Å²) in [5.74, 6) is 0. The first-order valence-electron chi connectivity index (χ1n) is 11.1. The molecular weight excluding hydrogens is 450 g/mol. The Morgan fingerprint density at radius 1 is 0.941 bits per heavy atom. The van der Waals surface area contributed by atoms with Gasteiger partial charge in [-0.3, -0.25) is 24.4 Å². The molecule has 5 rings (SSSR count). The highest BCUT2D eigenvalue weighted by atomic mass is 32.2. The lowest BCUT2D eigenvalue weighted by atomic mass is 10.1. The molecule has 0 unspecified atom stereocenters. The molecule has 3 heterocycles. The van der Waals surface area contributed by atoms with Crippen LogP contribution in [0.4, 0.5) is 11.4 Å². The normalized spacial score (nSPS) is 15.0. The standard InChI is InChI=1S/C25H25N5O3S/c1-34(32,33)28-19-7-5-18-6-8-24-23(25(31)22(18)14-19)15-21(16-27-24)30-12-10-29(11-13-30)17-20-4-2-3-9-26-20/h2-9,14-16,28H,10-13,17H2,1H3. The van der Waals surface area contributed by atoms with Crippen LogP contribution < -0.4 is 15.1 Å². The third-order valence-electron chi connectivity index (χ3n) is 6.02. The molecule has 2 aromatic carbocycles. The molecule has 1 N–H and O–H groups in total. The number of hydrogen-bond acceptors (Lipinski definition) is 7. The number of nitrogens with zero attached hydrogens (tertiary/aromatic N) is 4. The van der Waals surface area contributed by atoms with E-state index in [0.717, 1.165) is 55.7 Å². The lowest BCUT2D eigenvalue weighted by Crippen LogP contribution is -2.46. The molecule has 1 saturated heterocycles. The molecular formula is C25H25N5O3S. The largest absolute Gasteiger partial charge is 0.368 e. The number of pyridine rings is 2. The van der Waals surface area contributed by atoms with Crippen molar-refractivity contribution in [2.24, 2.45) is 0 Å². The molecule has 0 amide bonds. The summed E-state index contributed by atoms with van der Waals surface area (Å²) in [6.45, 7) is 4.27. The fraction of sp³-hybridized carbons (Fsp3) is 0.240. The van der Waals surface area contributed by atoms with Crippen molar-refractivity contribution in [1.29, 1.82) is 0 Å². The van der Waals surface area contributed by atoms with Gasteiger partial charge in [0.1, 0.15) is 0 Å². The number of hydrogen-bond donors (Lipinski definition) is 1. The minimum atomic E-state index is -3.44. The van der Waals surface area contributed by atoms with Crippen LogP contribution in [0.15, 0.2) is 71.8 Å². The van der Waals surface area contributed by atoms with Gasteiger partial charge in [0.2, 0.25) is 10.0 Å². The molecule has 0 aliphatic carbocycles. The van der Waals surface area contributed by atoms with Crippen molar-refractivity contribution < 1.29 is 8.42 Å². The Morgan fingerprint density at radius 2 is 1.74 bits per heavy atom. The van der Waals surface area contributed by atoms with E-state index in [2.05, 4.69) is 24.5 Å². The van der Waals surface area contributed by atoms with Gasteiger partial charge in [0.15, 0.2) is 5.43 Å². The van der Waals surface area contributed by atoms with Crippen LogP contribution in [-0.4, -0.2) is 55.7 Å². The lowest BCUT2D eigenvalue weighted by Gasteiger charge is -2.35. The maximum atomic E-state index is 13.4. The Balaban J connectivity index is 1.43. The zero-order chi connectivity index (χ0) is 23.7. The zero-order valence-corrected chi connectivity index (χ0v) is 19.6. The molecule has 0 bridgehead atoms. The second-order valence-electron chi connectivity index (χ2n) is 8.55.